The third-order valence-corrected chi connectivity index (χ3v) is 12.0. The van der Waals surface area contributed by atoms with Gasteiger partial charge in [-0.3, -0.25) is 0 Å². The van der Waals surface area contributed by atoms with E-state index < -0.39 is 5.41 Å². The first-order valence-corrected chi connectivity index (χ1v) is 19.9. The van der Waals surface area contributed by atoms with Crippen molar-refractivity contribution < 1.29 is 0 Å². The highest BCUT2D eigenvalue weighted by Gasteiger charge is 2.50. The van der Waals surface area contributed by atoms with Crippen molar-refractivity contribution >= 4 is 33.0 Å². The fraction of sp³-hybridized carbons (Fsp3) is 0.0556. The van der Waals surface area contributed by atoms with E-state index in [1.165, 1.54) is 60.9 Å². The minimum atomic E-state index is -0.521. The van der Waals surface area contributed by atoms with Crippen LogP contribution < -0.4 is 0 Å². The van der Waals surface area contributed by atoms with E-state index in [1.807, 2.05) is 25.2 Å². The molecule has 2 aromatic heterocycles. The largest absolute Gasteiger partial charge is 0.309 e. The summed E-state index contributed by atoms with van der Waals surface area (Å²) < 4.78 is 2.49. The van der Waals surface area contributed by atoms with Crippen LogP contribution in [0.4, 0.5) is 0 Å². The Balaban J connectivity index is 1.13. The molecule has 1 aliphatic heterocycles. The van der Waals surface area contributed by atoms with Crippen molar-refractivity contribution in [2.24, 2.45) is 0 Å². The van der Waals surface area contributed by atoms with E-state index in [9.17, 15) is 0 Å². The molecule has 0 amide bonds. The summed E-state index contributed by atoms with van der Waals surface area (Å²) in [5.74, 6) is 1.82. The van der Waals surface area contributed by atoms with Crippen LogP contribution >= 0.6 is 0 Å². The molecule has 4 nitrogen and oxygen atoms in total. The highest BCUT2D eigenvalue weighted by atomic mass is 15.0. The molecule has 3 aliphatic rings. The van der Waals surface area contributed by atoms with Gasteiger partial charge in [-0.1, -0.05) is 170 Å². The maximum absolute atomic E-state index is 5.08. The van der Waals surface area contributed by atoms with Crippen molar-refractivity contribution in [3.8, 4) is 39.3 Å². The van der Waals surface area contributed by atoms with Crippen molar-refractivity contribution in [1.82, 2.24) is 19.5 Å². The molecule has 11 rings (SSSR count). The monoisotopic (exact) mass is 742 g/mol. The van der Waals surface area contributed by atoms with Gasteiger partial charge in [-0.25, -0.2) is 15.0 Å². The normalized spacial score (nSPS) is 16.4. The quantitative estimate of drug-likeness (QED) is 0.159. The Hall–Kier alpha value is -7.43. The Morgan fingerprint density at radius 1 is 0.655 bits per heavy atom. The van der Waals surface area contributed by atoms with E-state index in [1.54, 1.807) is 6.08 Å². The number of fused-ring (bicyclic) bond motifs is 12. The number of para-hydroxylation sites is 3. The molecule has 6 aromatic carbocycles. The maximum Gasteiger partial charge on any atom is 0.164 e. The number of aromatic nitrogens is 4. The first-order chi connectivity index (χ1) is 28.7. The lowest BCUT2D eigenvalue weighted by Gasteiger charge is -2.39. The smallest absolute Gasteiger partial charge is 0.164 e. The van der Waals surface area contributed by atoms with E-state index in [4.69, 9.17) is 15.0 Å². The standard InChI is InChI=1S/C54H38N4/c1-3-5-18-35(4-2)51-55-52(36-19-8-6-7-9-20-36)57-53(56-51)39-22-16-21-37(33-39)38-31-32-41-40-23-10-12-26-44(40)54(47(41)34-38)45-27-13-15-30-49(45)58-48-29-14-11-24-42(48)43-25-17-28-46(54)50(43)58/h3-6,8-34H,2,7H2,1H3/b5-3-,35-18+. The number of nitrogens with zero attached hydrogens (tertiary/aromatic N) is 4. The van der Waals surface area contributed by atoms with E-state index in [-0.39, 0.29) is 0 Å². The van der Waals surface area contributed by atoms with Gasteiger partial charge in [-0.2, -0.15) is 0 Å². The SMILES string of the molecule is C=C/C(=C\C=C/C)c1nc(C2=CC=CCC=C2)nc(-c2cccc(-c3ccc4c(c3)C3(c5ccccc5-4)c4ccccc4-n4c5ccccc5c5cccc3c54)c2)n1. The number of hydrogen-bond donors (Lipinski definition) is 0. The summed E-state index contributed by atoms with van der Waals surface area (Å²) in [4.78, 5) is 15.1. The first kappa shape index (κ1) is 33.9. The summed E-state index contributed by atoms with van der Waals surface area (Å²) in [6.45, 7) is 6.08. The second-order valence-electron chi connectivity index (χ2n) is 15.1. The molecule has 8 aromatic rings. The second kappa shape index (κ2) is 13.4. The van der Waals surface area contributed by atoms with Crippen LogP contribution in [0.2, 0.25) is 0 Å². The van der Waals surface area contributed by atoms with Crippen molar-refractivity contribution in [3.05, 3.63) is 229 Å². The number of allylic oxidation sites excluding steroid dienone is 11. The predicted molar refractivity (Wildman–Crippen MR) is 240 cm³/mol. The molecular weight excluding hydrogens is 705 g/mol. The Morgan fingerprint density at radius 3 is 2.31 bits per heavy atom. The van der Waals surface area contributed by atoms with Gasteiger partial charge in [-0.15, -0.1) is 0 Å². The summed E-state index contributed by atoms with van der Waals surface area (Å²) >= 11 is 0. The molecule has 1 spiro atoms. The molecule has 2 aliphatic carbocycles. The van der Waals surface area contributed by atoms with Crippen molar-refractivity contribution in [3.63, 3.8) is 0 Å². The lowest BCUT2D eigenvalue weighted by Crippen LogP contribution is -2.33. The van der Waals surface area contributed by atoms with Gasteiger partial charge in [0.15, 0.2) is 17.5 Å². The van der Waals surface area contributed by atoms with Crippen LogP contribution in [0.25, 0.3) is 72.3 Å². The van der Waals surface area contributed by atoms with Gasteiger partial charge in [0.2, 0.25) is 0 Å². The van der Waals surface area contributed by atoms with Crippen LogP contribution in [-0.4, -0.2) is 19.5 Å². The molecule has 58 heavy (non-hydrogen) atoms. The van der Waals surface area contributed by atoms with Gasteiger partial charge in [0.05, 0.1) is 22.1 Å². The zero-order valence-corrected chi connectivity index (χ0v) is 32.1. The second-order valence-corrected chi connectivity index (χ2v) is 15.1. The lowest BCUT2D eigenvalue weighted by molar-refractivity contribution is 0.749. The summed E-state index contributed by atoms with van der Waals surface area (Å²) in [7, 11) is 0. The zero-order valence-electron chi connectivity index (χ0n) is 32.1. The van der Waals surface area contributed by atoms with Crippen LogP contribution in [0.1, 0.15) is 47.2 Å². The summed E-state index contributed by atoms with van der Waals surface area (Å²) in [5.41, 5.74) is 15.9. The third kappa shape index (κ3) is 4.91. The van der Waals surface area contributed by atoms with Crippen LogP contribution in [0.15, 0.2) is 195 Å². The molecule has 0 N–H and O–H groups in total. The molecule has 0 bridgehead atoms. The van der Waals surface area contributed by atoms with Crippen LogP contribution in [0.5, 0.6) is 0 Å². The average Bonchev–Trinajstić information content (AvgIpc) is 3.60. The number of benzene rings is 6. The van der Waals surface area contributed by atoms with Crippen molar-refractivity contribution in [1.29, 1.82) is 0 Å². The maximum atomic E-state index is 5.08. The van der Waals surface area contributed by atoms with Gasteiger partial charge in [0, 0.05) is 27.5 Å². The topological polar surface area (TPSA) is 43.6 Å². The molecule has 4 heteroatoms. The Bertz CT molecular complexity index is 3180. The highest BCUT2D eigenvalue weighted by molar-refractivity contribution is 6.13. The van der Waals surface area contributed by atoms with Crippen LogP contribution in [-0.2, 0) is 5.41 Å². The Morgan fingerprint density at radius 2 is 1.40 bits per heavy atom. The molecule has 3 heterocycles. The van der Waals surface area contributed by atoms with Gasteiger partial charge < -0.3 is 4.57 Å². The third-order valence-electron chi connectivity index (χ3n) is 12.0. The van der Waals surface area contributed by atoms with Crippen LogP contribution in [0, 0.1) is 0 Å². The van der Waals surface area contributed by atoms with Gasteiger partial charge >= 0.3 is 0 Å². The fourth-order valence-electron chi connectivity index (χ4n) is 9.50. The van der Waals surface area contributed by atoms with E-state index in [0.717, 1.165) is 34.3 Å². The van der Waals surface area contributed by atoms with Gasteiger partial charge in [-0.05, 0) is 82.1 Å². The van der Waals surface area contributed by atoms with Crippen molar-refractivity contribution in [2.75, 3.05) is 0 Å². The highest BCUT2D eigenvalue weighted by Crippen LogP contribution is 2.61. The first-order valence-electron chi connectivity index (χ1n) is 19.9. The predicted octanol–water partition coefficient (Wildman–Crippen LogP) is 13.0. The average molecular weight is 743 g/mol. The van der Waals surface area contributed by atoms with E-state index >= 15 is 0 Å². The van der Waals surface area contributed by atoms with Gasteiger partial charge in [0.25, 0.3) is 0 Å². The zero-order chi connectivity index (χ0) is 38.8. The Labute approximate surface area is 337 Å². The molecule has 0 radical (unpaired) electrons. The summed E-state index contributed by atoms with van der Waals surface area (Å²) in [6, 6.07) is 49.4. The summed E-state index contributed by atoms with van der Waals surface area (Å²) in [6.07, 6.45) is 19.1. The lowest BCUT2D eigenvalue weighted by atomic mass is 9.65. The van der Waals surface area contributed by atoms with Gasteiger partial charge in [0.1, 0.15) is 0 Å². The molecule has 0 saturated carbocycles. The minimum absolute atomic E-state index is 0.521. The minimum Gasteiger partial charge on any atom is -0.309 e. The van der Waals surface area contributed by atoms with E-state index in [2.05, 4.69) is 175 Å². The molecule has 274 valence electrons. The Kier molecular flexibility index (Phi) is 7.80. The fourth-order valence-corrected chi connectivity index (χ4v) is 9.50. The number of rotatable bonds is 6. The van der Waals surface area contributed by atoms with Crippen molar-refractivity contribution in [2.45, 2.75) is 18.8 Å². The molecule has 1 atom stereocenters. The summed E-state index contributed by atoms with van der Waals surface area (Å²) in [5, 5.41) is 2.55. The molecule has 0 saturated heterocycles. The number of hydrogen-bond acceptors (Lipinski definition) is 3. The van der Waals surface area contributed by atoms with Crippen LogP contribution in [0.3, 0.4) is 0 Å². The van der Waals surface area contributed by atoms with E-state index in [0.29, 0.717) is 17.5 Å². The molecule has 0 fully saturated rings. The molecular formula is C54H38N4. The molecule has 1 unspecified atom stereocenters.